The number of benzene rings is 2. The van der Waals surface area contributed by atoms with Crippen LogP contribution in [0.5, 0.6) is 0 Å². The molecule has 142 valence electrons. The Labute approximate surface area is 150 Å². The molecular weight excluding hydrogens is 389 g/mol. The number of nitrogens with zero attached hydrogens (tertiary/aromatic N) is 1. The van der Waals surface area contributed by atoms with E-state index >= 15 is 0 Å². The number of alkyl halides is 3. The van der Waals surface area contributed by atoms with Crippen LogP contribution in [0.1, 0.15) is 12.5 Å². The van der Waals surface area contributed by atoms with Crippen LogP contribution in [0.15, 0.2) is 56.7 Å². The van der Waals surface area contributed by atoms with Gasteiger partial charge in [0.25, 0.3) is 10.0 Å². The second-order valence-corrected chi connectivity index (χ2v) is 7.30. The number of aromatic nitrogens is 1. The number of carbonyl (C=O) groups excluding carboxylic acids is 1. The van der Waals surface area contributed by atoms with Gasteiger partial charge < -0.3 is 9.84 Å². The highest BCUT2D eigenvalue weighted by atomic mass is 32.2. The summed E-state index contributed by atoms with van der Waals surface area (Å²) < 4.78 is 68.5. The summed E-state index contributed by atoms with van der Waals surface area (Å²) in [5, 5.41) is 2.36. The molecular formula is C16H11F3N2O5S. The monoisotopic (exact) mass is 400 g/mol. The second-order valence-electron chi connectivity index (χ2n) is 5.55. The Hall–Kier alpha value is -3.08. The summed E-state index contributed by atoms with van der Waals surface area (Å²) in [6.07, 6.45) is -4.62. The zero-order chi connectivity index (χ0) is 20.0. The molecule has 1 aromatic heterocycles. The highest BCUT2D eigenvalue weighted by molar-refractivity contribution is 7.90. The predicted molar refractivity (Wildman–Crippen MR) is 88.8 cm³/mol. The SMILES string of the molecule is CC(=O)Nc1ccc2c(=O)on(S(=O)(=O)c3ccc(C(F)(F)F)cc3)c2c1. The quantitative estimate of drug-likeness (QED) is 0.729. The molecule has 0 aliphatic carbocycles. The van der Waals surface area contributed by atoms with Crippen LogP contribution in [0.4, 0.5) is 18.9 Å². The highest BCUT2D eigenvalue weighted by Gasteiger charge is 2.31. The fourth-order valence-corrected chi connectivity index (χ4v) is 3.65. The molecule has 27 heavy (non-hydrogen) atoms. The molecule has 0 spiro atoms. The first-order chi connectivity index (χ1) is 12.5. The van der Waals surface area contributed by atoms with Gasteiger partial charge in [0.05, 0.1) is 15.8 Å². The Balaban J connectivity index is 2.15. The van der Waals surface area contributed by atoms with Crippen LogP contribution in [0, 0.1) is 0 Å². The molecule has 3 rings (SSSR count). The zero-order valence-corrected chi connectivity index (χ0v) is 14.4. The number of rotatable bonds is 3. The van der Waals surface area contributed by atoms with Crippen molar-refractivity contribution in [1.29, 1.82) is 0 Å². The van der Waals surface area contributed by atoms with Crippen LogP contribution >= 0.6 is 0 Å². The normalized spacial score (nSPS) is 12.3. The minimum atomic E-state index is -4.62. The molecule has 1 heterocycles. The second kappa shape index (κ2) is 6.27. The lowest BCUT2D eigenvalue weighted by molar-refractivity contribution is -0.137. The van der Waals surface area contributed by atoms with Gasteiger partial charge in [-0.25, -0.2) is 4.79 Å². The van der Waals surface area contributed by atoms with Crippen molar-refractivity contribution in [3.8, 4) is 0 Å². The maximum atomic E-state index is 12.7. The Morgan fingerprint density at radius 1 is 1.11 bits per heavy atom. The van der Waals surface area contributed by atoms with Crippen molar-refractivity contribution >= 4 is 32.5 Å². The third kappa shape index (κ3) is 3.45. The molecule has 1 amide bonds. The largest absolute Gasteiger partial charge is 0.416 e. The number of nitrogens with one attached hydrogen (secondary N) is 1. The van der Waals surface area contributed by atoms with Gasteiger partial charge in [0.2, 0.25) is 5.91 Å². The number of halogens is 3. The number of anilines is 1. The van der Waals surface area contributed by atoms with Crippen molar-refractivity contribution in [2.75, 3.05) is 5.32 Å². The molecule has 0 saturated carbocycles. The molecule has 0 unspecified atom stereocenters. The van der Waals surface area contributed by atoms with Gasteiger partial charge in [-0.3, -0.25) is 4.79 Å². The molecule has 0 radical (unpaired) electrons. The fraction of sp³-hybridized carbons (Fsp3) is 0.125. The van der Waals surface area contributed by atoms with Gasteiger partial charge in [-0.1, -0.05) is 4.15 Å². The molecule has 0 saturated heterocycles. The van der Waals surface area contributed by atoms with Crippen molar-refractivity contribution in [3.63, 3.8) is 0 Å². The summed E-state index contributed by atoms with van der Waals surface area (Å²) in [5.41, 5.74) is -1.92. The van der Waals surface area contributed by atoms with Crippen LogP contribution in [-0.4, -0.2) is 18.5 Å². The lowest BCUT2D eigenvalue weighted by atomic mass is 10.2. The molecule has 0 atom stereocenters. The lowest BCUT2D eigenvalue weighted by Gasteiger charge is -2.09. The first-order valence-corrected chi connectivity index (χ1v) is 8.80. The van der Waals surface area contributed by atoms with E-state index < -0.39 is 38.2 Å². The number of hydrogen-bond donors (Lipinski definition) is 1. The van der Waals surface area contributed by atoms with Crippen molar-refractivity contribution in [2.45, 2.75) is 18.0 Å². The number of hydrogen-bond acceptors (Lipinski definition) is 5. The van der Waals surface area contributed by atoms with Crippen molar-refractivity contribution in [2.24, 2.45) is 0 Å². The first-order valence-electron chi connectivity index (χ1n) is 7.36. The third-order valence-electron chi connectivity index (χ3n) is 3.60. The summed E-state index contributed by atoms with van der Waals surface area (Å²) in [5.74, 6) is -0.419. The molecule has 3 aromatic rings. The van der Waals surface area contributed by atoms with Crippen LogP contribution in [0.3, 0.4) is 0 Å². The van der Waals surface area contributed by atoms with E-state index in [-0.39, 0.29) is 16.6 Å². The topological polar surface area (TPSA) is 98.4 Å². The summed E-state index contributed by atoms with van der Waals surface area (Å²) in [7, 11) is -4.48. The lowest BCUT2D eigenvalue weighted by Crippen LogP contribution is -2.13. The van der Waals surface area contributed by atoms with Crippen molar-refractivity contribution in [1.82, 2.24) is 4.15 Å². The summed E-state index contributed by atoms with van der Waals surface area (Å²) in [6, 6.07) is 6.62. The number of carbonyl (C=O) groups is 1. The van der Waals surface area contributed by atoms with Crippen LogP contribution in [0.25, 0.3) is 10.9 Å². The summed E-state index contributed by atoms with van der Waals surface area (Å²) in [4.78, 5) is 22.6. The van der Waals surface area contributed by atoms with Crippen LogP contribution in [0.2, 0.25) is 0 Å². The molecule has 0 bridgehead atoms. The van der Waals surface area contributed by atoms with Crippen LogP contribution < -0.4 is 10.9 Å². The van der Waals surface area contributed by atoms with E-state index in [9.17, 15) is 31.2 Å². The minimum Gasteiger partial charge on any atom is -0.326 e. The van der Waals surface area contributed by atoms with Gasteiger partial charge >= 0.3 is 11.8 Å². The van der Waals surface area contributed by atoms with E-state index in [0.717, 1.165) is 12.1 Å². The maximum absolute atomic E-state index is 12.7. The molecule has 0 aliphatic heterocycles. The highest BCUT2D eigenvalue weighted by Crippen LogP contribution is 2.30. The van der Waals surface area contributed by atoms with Gasteiger partial charge in [0.15, 0.2) is 0 Å². The average molecular weight is 400 g/mol. The fourth-order valence-electron chi connectivity index (χ4n) is 2.40. The Morgan fingerprint density at radius 2 is 1.74 bits per heavy atom. The van der Waals surface area contributed by atoms with E-state index in [1.54, 1.807) is 0 Å². The zero-order valence-electron chi connectivity index (χ0n) is 13.6. The van der Waals surface area contributed by atoms with Gasteiger partial charge in [-0.05, 0) is 42.5 Å². The first kappa shape index (κ1) is 18.7. The average Bonchev–Trinajstić information content (AvgIpc) is 2.91. The van der Waals surface area contributed by atoms with E-state index in [4.69, 9.17) is 4.52 Å². The molecule has 1 N–H and O–H groups in total. The molecule has 7 nitrogen and oxygen atoms in total. The Bertz CT molecular complexity index is 1190. The predicted octanol–water partition coefficient (Wildman–Crippen LogP) is 2.81. The van der Waals surface area contributed by atoms with Crippen molar-refractivity contribution in [3.05, 3.63) is 58.4 Å². The summed E-state index contributed by atoms with van der Waals surface area (Å²) >= 11 is 0. The summed E-state index contributed by atoms with van der Waals surface area (Å²) in [6.45, 7) is 1.24. The van der Waals surface area contributed by atoms with Gasteiger partial charge in [0, 0.05) is 12.6 Å². The van der Waals surface area contributed by atoms with Crippen LogP contribution in [-0.2, 0) is 21.0 Å². The van der Waals surface area contributed by atoms with E-state index in [2.05, 4.69) is 5.32 Å². The Kier molecular flexibility index (Phi) is 4.34. The third-order valence-corrected chi connectivity index (χ3v) is 5.17. The molecule has 0 aliphatic rings. The van der Waals surface area contributed by atoms with Crippen molar-refractivity contribution < 1.29 is 30.9 Å². The number of fused-ring (bicyclic) bond motifs is 1. The molecule has 11 heteroatoms. The maximum Gasteiger partial charge on any atom is 0.416 e. The van der Waals surface area contributed by atoms with E-state index in [0.29, 0.717) is 16.3 Å². The van der Waals surface area contributed by atoms with Gasteiger partial charge in [-0.2, -0.15) is 21.6 Å². The minimum absolute atomic E-state index is 0.0698. The molecule has 0 fully saturated rings. The van der Waals surface area contributed by atoms with Gasteiger partial charge in [0.1, 0.15) is 5.52 Å². The van der Waals surface area contributed by atoms with E-state index in [1.807, 2.05) is 0 Å². The van der Waals surface area contributed by atoms with E-state index in [1.165, 1.54) is 25.1 Å². The smallest absolute Gasteiger partial charge is 0.326 e. The number of amides is 1. The Morgan fingerprint density at radius 3 is 2.30 bits per heavy atom. The van der Waals surface area contributed by atoms with Gasteiger partial charge in [-0.15, -0.1) is 0 Å². The standard InChI is InChI=1S/C16H11F3N2O5S/c1-9(22)20-11-4-7-13-14(8-11)21(26-15(13)23)27(24,25)12-5-2-10(3-6-12)16(17,18)19/h2-8H,1H3,(H,20,22). The molecule has 2 aromatic carbocycles.